The van der Waals surface area contributed by atoms with Gasteiger partial charge in [-0.15, -0.1) is 10.2 Å². The zero-order valence-electron chi connectivity index (χ0n) is 14.4. The molecule has 136 valence electrons. The molecule has 0 spiro atoms. The van der Waals surface area contributed by atoms with E-state index in [4.69, 9.17) is 16.3 Å². The van der Waals surface area contributed by atoms with E-state index in [0.29, 0.717) is 27.4 Å². The van der Waals surface area contributed by atoms with Gasteiger partial charge in [0.15, 0.2) is 5.16 Å². The van der Waals surface area contributed by atoms with Gasteiger partial charge in [0, 0.05) is 29.2 Å². The van der Waals surface area contributed by atoms with E-state index in [9.17, 15) is 4.79 Å². The van der Waals surface area contributed by atoms with E-state index in [0.717, 1.165) is 5.56 Å². The fourth-order valence-corrected chi connectivity index (χ4v) is 3.78. The first-order valence-electron chi connectivity index (χ1n) is 8.14. The van der Waals surface area contributed by atoms with Crippen molar-refractivity contribution in [3.63, 3.8) is 0 Å². The van der Waals surface area contributed by atoms with Gasteiger partial charge in [0.2, 0.25) is 5.65 Å². The maximum Gasteiger partial charge on any atom is 0.300 e. The van der Waals surface area contributed by atoms with Gasteiger partial charge in [-0.3, -0.25) is 13.8 Å². The molecular formula is C19H15ClN4O2S. The SMILES string of the molecule is COc1cccc(-n2ccn3c(SCc4cccc(Cl)c4)nnc3c2=O)c1. The minimum Gasteiger partial charge on any atom is -0.497 e. The number of nitrogens with zero attached hydrogens (tertiary/aromatic N) is 4. The van der Waals surface area contributed by atoms with Crippen molar-refractivity contribution in [2.45, 2.75) is 10.9 Å². The van der Waals surface area contributed by atoms with Gasteiger partial charge in [0.25, 0.3) is 0 Å². The molecule has 2 aromatic heterocycles. The number of thioether (sulfide) groups is 1. The summed E-state index contributed by atoms with van der Waals surface area (Å²) in [5.41, 5.74) is 1.81. The fourth-order valence-electron chi connectivity index (χ4n) is 2.70. The average molecular weight is 399 g/mol. The molecule has 4 rings (SSSR count). The van der Waals surface area contributed by atoms with Crippen LogP contribution in [-0.4, -0.2) is 26.3 Å². The number of methoxy groups -OCH3 is 1. The molecule has 0 N–H and O–H groups in total. The summed E-state index contributed by atoms with van der Waals surface area (Å²) in [7, 11) is 1.59. The zero-order valence-corrected chi connectivity index (χ0v) is 15.9. The van der Waals surface area contributed by atoms with Crippen LogP contribution in [-0.2, 0) is 5.75 Å². The van der Waals surface area contributed by atoms with Gasteiger partial charge < -0.3 is 4.74 Å². The Labute approximate surface area is 164 Å². The van der Waals surface area contributed by atoms with Crippen LogP contribution in [0.5, 0.6) is 5.75 Å². The van der Waals surface area contributed by atoms with Crippen LogP contribution in [0.15, 0.2) is 70.9 Å². The van der Waals surface area contributed by atoms with E-state index in [1.54, 1.807) is 30.0 Å². The number of hydrogen-bond acceptors (Lipinski definition) is 5. The molecule has 0 saturated carbocycles. The van der Waals surface area contributed by atoms with Gasteiger partial charge in [-0.25, -0.2) is 0 Å². The van der Waals surface area contributed by atoms with E-state index in [-0.39, 0.29) is 11.2 Å². The van der Waals surface area contributed by atoms with Crippen molar-refractivity contribution in [3.05, 3.63) is 81.9 Å². The lowest BCUT2D eigenvalue weighted by Crippen LogP contribution is -2.20. The average Bonchev–Trinajstić information content (AvgIpc) is 3.11. The lowest BCUT2D eigenvalue weighted by atomic mass is 10.2. The molecule has 0 saturated heterocycles. The summed E-state index contributed by atoms with van der Waals surface area (Å²) in [6.07, 6.45) is 3.49. The van der Waals surface area contributed by atoms with Crippen molar-refractivity contribution >= 4 is 29.0 Å². The molecule has 2 aromatic carbocycles. The lowest BCUT2D eigenvalue weighted by Gasteiger charge is -2.08. The molecule has 0 fully saturated rings. The second-order valence-electron chi connectivity index (χ2n) is 5.77. The Balaban J connectivity index is 1.66. The third-order valence-electron chi connectivity index (χ3n) is 4.03. The number of ether oxygens (including phenoxy) is 1. The Morgan fingerprint density at radius 2 is 1.96 bits per heavy atom. The number of aromatic nitrogens is 4. The first-order valence-corrected chi connectivity index (χ1v) is 9.50. The third kappa shape index (κ3) is 3.56. The van der Waals surface area contributed by atoms with Crippen LogP contribution in [0.4, 0.5) is 0 Å². The molecule has 0 radical (unpaired) electrons. The molecule has 0 bridgehead atoms. The number of benzene rings is 2. The first-order chi connectivity index (χ1) is 13.2. The second kappa shape index (κ2) is 7.46. The highest BCUT2D eigenvalue weighted by Gasteiger charge is 2.12. The van der Waals surface area contributed by atoms with Crippen LogP contribution in [0, 0.1) is 0 Å². The van der Waals surface area contributed by atoms with Gasteiger partial charge >= 0.3 is 5.56 Å². The van der Waals surface area contributed by atoms with E-state index in [2.05, 4.69) is 10.2 Å². The molecule has 27 heavy (non-hydrogen) atoms. The Hall–Kier alpha value is -2.77. The van der Waals surface area contributed by atoms with E-state index < -0.39 is 0 Å². The second-order valence-corrected chi connectivity index (χ2v) is 7.15. The maximum absolute atomic E-state index is 12.8. The number of rotatable bonds is 5. The van der Waals surface area contributed by atoms with Crippen LogP contribution < -0.4 is 10.3 Å². The Kier molecular flexibility index (Phi) is 4.87. The minimum atomic E-state index is -0.243. The van der Waals surface area contributed by atoms with Crippen LogP contribution in [0.1, 0.15) is 5.56 Å². The van der Waals surface area contributed by atoms with Crippen molar-refractivity contribution in [1.82, 2.24) is 19.2 Å². The Bertz CT molecular complexity index is 1170. The van der Waals surface area contributed by atoms with Crippen molar-refractivity contribution in [2.75, 3.05) is 7.11 Å². The molecular weight excluding hydrogens is 384 g/mol. The maximum atomic E-state index is 12.8. The summed E-state index contributed by atoms with van der Waals surface area (Å²) >= 11 is 7.52. The number of fused-ring (bicyclic) bond motifs is 1. The monoisotopic (exact) mass is 398 g/mol. The minimum absolute atomic E-state index is 0.243. The van der Waals surface area contributed by atoms with E-state index in [1.165, 1.54) is 16.3 Å². The molecule has 2 heterocycles. The highest BCUT2D eigenvalue weighted by molar-refractivity contribution is 7.98. The Morgan fingerprint density at radius 1 is 1.11 bits per heavy atom. The third-order valence-corrected chi connectivity index (χ3v) is 5.28. The van der Waals surface area contributed by atoms with Crippen LogP contribution in [0.2, 0.25) is 5.02 Å². The van der Waals surface area contributed by atoms with Gasteiger partial charge in [0.05, 0.1) is 12.8 Å². The summed E-state index contributed by atoms with van der Waals surface area (Å²) in [6.45, 7) is 0. The van der Waals surface area contributed by atoms with Crippen molar-refractivity contribution < 1.29 is 4.74 Å². The summed E-state index contributed by atoms with van der Waals surface area (Å²) < 4.78 is 8.46. The van der Waals surface area contributed by atoms with Gasteiger partial charge in [-0.2, -0.15) is 0 Å². The quantitative estimate of drug-likeness (QED) is 0.478. The Morgan fingerprint density at radius 3 is 2.78 bits per heavy atom. The molecule has 0 aliphatic carbocycles. The molecule has 6 nitrogen and oxygen atoms in total. The fraction of sp³-hybridized carbons (Fsp3) is 0.105. The van der Waals surface area contributed by atoms with Crippen LogP contribution >= 0.6 is 23.4 Å². The van der Waals surface area contributed by atoms with Crippen molar-refractivity contribution in [3.8, 4) is 11.4 Å². The predicted molar refractivity (Wildman–Crippen MR) is 106 cm³/mol. The zero-order chi connectivity index (χ0) is 18.8. The van der Waals surface area contributed by atoms with Crippen LogP contribution in [0.25, 0.3) is 11.3 Å². The van der Waals surface area contributed by atoms with Crippen LogP contribution in [0.3, 0.4) is 0 Å². The molecule has 4 aromatic rings. The van der Waals surface area contributed by atoms with E-state index >= 15 is 0 Å². The number of halogens is 1. The first kappa shape index (κ1) is 17.6. The topological polar surface area (TPSA) is 61.4 Å². The summed E-state index contributed by atoms with van der Waals surface area (Å²) in [4.78, 5) is 12.8. The molecule has 0 atom stereocenters. The van der Waals surface area contributed by atoms with Gasteiger partial charge in [-0.05, 0) is 29.8 Å². The highest BCUT2D eigenvalue weighted by Crippen LogP contribution is 2.23. The largest absolute Gasteiger partial charge is 0.497 e. The molecule has 0 aliphatic rings. The standard InChI is InChI=1S/C19H15ClN4O2S/c1-26-16-7-3-6-15(11-16)23-8-9-24-17(18(23)25)21-22-19(24)27-12-13-4-2-5-14(20)10-13/h2-11H,12H2,1H3. The van der Waals surface area contributed by atoms with E-state index in [1.807, 2.05) is 42.5 Å². The summed E-state index contributed by atoms with van der Waals surface area (Å²) in [5.74, 6) is 1.36. The van der Waals surface area contributed by atoms with Gasteiger partial charge in [-0.1, -0.05) is 41.6 Å². The summed E-state index contributed by atoms with van der Waals surface area (Å²) in [6, 6.07) is 15.0. The molecule has 8 heteroatoms. The lowest BCUT2D eigenvalue weighted by molar-refractivity contribution is 0.414. The molecule has 0 unspecified atom stereocenters. The highest BCUT2D eigenvalue weighted by atomic mass is 35.5. The normalized spacial score (nSPS) is 11.0. The number of hydrogen-bond donors (Lipinski definition) is 0. The van der Waals surface area contributed by atoms with Gasteiger partial charge in [0.1, 0.15) is 5.75 Å². The molecule has 0 amide bonds. The predicted octanol–water partition coefficient (Wildman–Crippen LogP) is 3.83. The van der Waals surface area contributed by atoms with Crippen molar-refractivity contribution in [1.29, 1.82) is 0 Å². The smallest absolute Gasteiger partial charge is 0.300 e. The molecule has 0 aliphatic heterocycles. The van der Waals surface area contributed by atoms with Crippen molar-refractivity contribution in [2.24, 2.45) is 0 Å². The summed E-state index contributed by atoms with van der Waals surface area (Å²) in [5, 5.41) is 9.59.